The lowest BCUT2D eigenvalue weighted by atomic mass is 10.2. The van der Waals surface area contributed by atoms with Crippen molar-refractivity contribution < 1.29 is 18.3 Å². The van der Waals surface area contributed by atoms with Crippen LogP contribution in [0.4, 0.5) is 8.78 Å². The number of aromatic nitrogens is 2. The van der Waals surface area contributed by atoms with Crippen LogP contribution in [0.5, 0.6) is 5.75 Å². The molecule has 0 spiro atoms. The van der Waals surface area contributed by atoms with Crippen molar-refractivity contribution in [2.75, 3.05) is 20.2 Å². The molecule has 0 aliphatic heterocycles. The molecule has 2 aromatic rings. The fraction of sp³-hybridized carbons (Fsp3) is 0.333. The third-order valence-corrected chi connectivity index (χ3v) is 3.21. The highest BCUT2D eigenvalue weighted by molar-refractivity contribution is 5.93. The number of benzene rings is 1. The average Bonchev–Trinajstić information content (AvgIpc) is 3.02. The van der Waals surface area contributed by atoms with Gasteiger partial charge in [0.2, 0.25) is 0 Å². The summed E-state index contributed by atoms with van der Waals surface area (Å²) in [5.74, 6) is -2.98. The zero-order valence-electron chi connectivity index (χ0n) is 12.6. The van der Waals surface area contributed by atoms with Gasteiger partial charge in [0.15, 0.2) is 0 Å². The molecule has 0 radical (unpaired) electrons. The predicted molar refractivity (Wildman–Crippen MR) is 80.7 cm³/mol. The van der Waals surface area contributed by atoms with Gasteiger partial charge in [-0.3, -0.25) is 9.48 Å². The van der Waals surface area contributed by atoms with Gasteiger partial charge in [-0.15, -0.1) is 0 Å². The van der Waals surface area contributed by atoms with Crippen LogP contribution in [0, 0.1) is 0 Å². The number of hydrogen-bond donors (Lipinski definition) is 2. The number of halogens is 2. The van der Waals surface area contributed by atoms with Gasteiger partial charge in [0.1, 0.15) is 5.75 Å². The highest BCUT2D eigenvalue weighted by Gasteiger charge is 2.27. The highest BCUT2D eigenvalue weighted by Crippen LogP contribution is 2.13. The minimum Gasteiger partial charge on any atom is -0.497 e. The lowest BCUT2D eigenvalue weighted by Crippen LogP contribution is -2.41. The fourth-order valence-electron chi connectivity index (χ4n) is 1.87. The zero-order chi connectivity index (χ0) is 16.9. The summed E-state index contributed by atoms with van der Waals surface area (Å²) in [7, 11) is 1.58. The molecule has 0 aliphatic rings. The van der Waals surface area contributed by atoms with E-state index in [-0.39, 0.29) is 5.56 Å². The van der Waals surface area contributed by atoms with E-state index in [0.29, 0.717) is 6.54 Å². The number of methoxy groups -OCH3 is 1. The molecule has 6 nitrogen and oxygen atoms in total. The number of alkyl halides is 2. The predicted octanol–water partition coefficient (Wildman–Crippen LogP) is 1.26. The number of hydrogen-bond acceptors (Lipinski definition) is 4. The summed E-state index contributed by atoms with van der Waals surface area (Å²) < 4.78 is 32.7. The third kappa shape index (κ3) is 4.75. The Kier molecular flexibility index (Phi) is 5.28. The number of amides is 1. The van der Waals surface area contributed by atoms with Crippen LogP contribution < -0.4 is 15.8 Å². The first-order valence-electron chi connectivity index (χ1n) is 6.95. The molecule has 0 aliphatic carbocycles. The summed E-state index contributed by atoms with van der Waals surface area (Å²) in [5, 5.41) is 6.20. The van der Waals surface area contributed by atoms with Crippen LogP contribution in [-0.2, 0) is 6.54 Å². The van der Waals surface area contributed by atoms with Gasteiger partial charge in [-0.05, 0) is 17.7 Å². The Hall–Kier alpha value is -2.48. The molecule has 124 valence electrons. The Bertz CT molecular complexity index is 656. The second-order valence-electron chi connectivity index (χ2n) is 5.02. The molecular formula is C15H18F2N4O2. The largest absolute Gasteiger partial charge is 0.497 e. The minimum atomic E-state index is -3.12. The molecule has 0 atom stereocenters. The standard InChI is InChI=1S/C15H18F2N4O2/c1-23-13-4-2-11(3-5-13)7-21-8-12(6-20-21)14(22)19-10-15(16,17)9-18/h2-6,8H,7,9-10,18H2,1H3,(H,19,22). The fourth-order valence-corrected chi connectivity index (χ4v) is 1.87. The van der Waals surface area contributed by atoms with Crippen molar-refractivity contribution in [3.05, 3.63) is 47.8 Å². The summed E-state index contributed by atoms with van der Waals surface area (Å²) in [5.41, 5.74) is 6.10. The molecule has 23 heavy (non-hydrogen) atoms. The van der Waals surface area contributed by atoms with Crippen molar-refractivity contribution in [3.8, 4) is 5.75 Å². The topological polar surface area (TPSA) is 82.2 Å². The lowest BCUT2D eigenvalue weighted by Gasteiger charge is -2.13. The van der Waals surface area contributed by atoms with Crippen LogP contribution in [0.1, 0.15) is 15.9 Å². The van der Waals surface area contributed by atoms with Crippen LogP contribution >= 0.6 is 0 Å². The van der Waals surface area contributed by atoms with E-state index in [2.05, 4.69) is 10.4 Å². The lowest BCUT2D eigenvalue weighted by molar-refractivity contribution is 0.0118. The maximum absolute atomic E-state index is 13.0. The van der Waals surface area contributed by atoms with Crippen molar-refractivity contribution in [1.29, 1.82) is 0 Å². The van der Waals surface area contributed by atoms with Crippen LogP contribution in [0.25, 0.3) is 0 Å². The molecule has 2 rings (SSSR count). The third-order valence-electron chi connectivity index (χ3n) is 3.21. The first kappa shape index (κ1) is 16.9. The highest BCUT2D eigenvalue weighted by atomic mass is 19.3. The Labute approximate surface area is 132 Å². The number of nitrogens with one attached hydrogen (secondary N) is 1. The molecule has 1 heterocycles. The average molecular weight is 324 g/mol. The van der Waals surface area contributed by atoms with Crippen LogP contribution in [-0.4, -0.2) is 41.8 Å². The summed E-state index contributed by atoms with van der Waals surface area (Å²) in [6, 6.07) is 7.40. The van der Waals surface area contributed by atoms with Crippen molar-refractivity contribution in [2.24, 2.45) is 5.73 Å². The molecule has 3 N–H and O–H groups in total. The van der Waals surface area contributed by atoms with Gasteiger partial charge in [0.05, 0.1) is 38.5 Å². The van der Waals surface area contributed by atoms with Gasteiger partial charge >= 0.3 is 0 Å². The smallest absolute Gasteiger partial charge is 0.277 e. The first-order chi connectivity index (χ1) is 10.9. The quantitative estimate of drug-likeness (QED) is 0.803. The maximum Gasteiger partial charge on any atom is 0.277 e. The van der Waals surface area contributed by atoms with Gasteiger partial charge < -0.3 is 15.8 Å². The second kappa shape index (κ2) is 7.19. The number of ether oxygens (including phenoxy) is 1. The number of carbonyl (C=O) groups is 1. The monoisotopic (exact) mass is 324 g/mol. The van der Waals surface area contributed by atoms with E-state index in [4.69, 9.17) is 10.5 Å². The van der Waals surface area contributed by atoms with Crippen LogP contribution in [0.2, 0.25) is 0 Å². The van der Waals surface area contributed by atoms with E-state index in [9.17, 15) is 13.6 Å². The van der Waals surface area contributed by atoms with Gasteiger partial charge in [-0.2, -0.15) is 5.10 Å². The Morgan fingerprint density at radius 2 is 2.09 bits per heavy atom. The molecule has 0 saturated carbocycles. The normalized spacial score (nSPS) is 11.3. The van der Waals surface area contributed by atoms with Crippen molar-refractivity contribution in [3.63, 3.8) is 0 Å². The van der Waals surface area contributed by atoms with E-state index in [1.54, 1.807) is 11.8 Å². The van der Waals surface area contributed by atoms with E-state index in [1.165, 1.54) is 12.4 Å². The number of nitrogens with two attached hydrogens (primary N) is 1. The molecule has 8 heteroatoms. The molecular weight excluding hydrogens is 306 g/mol. The number of carbonyl (C=O) groups excluding carboxylic acids is 1. The second-order valence-corrected chi connectivity index (χ2v) is 5.02. The number of nitrogens with zero attached hydrogens (tertiary/aromatic N) is 2. The molecule has 1 amide bonds. The van der Waals surface area contributed by atoms with Crippen molar-refractivity contribution in [1.82, 2.24) is 15.1 Å². The molecule has 0 bridgehead atoms. The van der Waals surface area contributed by atoms with E-state index in [1.807, 2.05) is 24.3 Å². The van der Waals surface area contributed by atoms with Gasteiger partial charge in [0, 0.05) is 6.20 Å². The van der Waals surface area contributed by atoms with Gasteiger partial charge in [0.25, 0.3) is 11.8 Å². The van der Waals surface area contributed by atoms with E-state index < -0.39 is 24.9 Å². The SMILES string of the molecule is COc1ccc(Cn2cc(C(=O)NCC(F)(F)CN)cn2)cc1. The molecule has 0 unspecified atom stereocenters. The molecule has 1 aromatic heterocycles. The molecule has 1 aromatic carbocycles. The molecule has 0 saturated heterocycles. The Morgan fingerprint density at radius 3 is 2.70 bits per heavy atom. The Balaban J connectivity index is 1.95. The molecule has 0 fully saturated rings. The summed E-state index contributed by atoms with van der Waals surface area (Å²) in [6.07, 6.45) is 2.83. The maximum atomic E-state index is 13.0. The zero-order valence-corrected chi connectivity index (χ0v) is 12.6. The van der Waals surface area contributed by atoms with Gasteiger partial charge in [-0.25, -0.2) is 8.78 Å². The first-order valence-corrected chi connectivity index (χ1v) is 6.95. The van der Waals surface area contributed by atoms with E-state index >= 15 is 0 Å². The Morgan fingerprint density at radius 1 is 1.39 bits per heavy atom. The van der Waals surface area contributed by atoms with Crippen LogP contribution in [0.3, 0.4) is 0 Å². The summed E-state index contributed by atoms with van der Waals surface area (Å²) in [6.45, 7) is -1.16. The van der Waals surface area contributed by atoms with Crippen molar-refractivity contribution >= 4 is 5.91 Å². The minimum absolute atomic E-state index is 0.214. The van der Waals surface area contributed by atoms with Crippen molar-refractivity contribution in [2.45, 2.75) is 12.5 Å². The number of rotatable bonds is 7. The van der Waals surface area contributed by atoms with Crippen LogP contribution in [0.15, 0.2) is 36.7 Å². The summed E-state index contributed by atoms with van der Waals surface area (Å²) in [4.78, 5) is 11.8. The summed E-state index contributed by atoms with van der Waals surface area (Å²) >= 11 is 0. The van der Waals surface area contributed by atoms with E-state index in [0.717, 1.165) is 11.3 Å². The van der Waals surface area contributed by atoms with Gasteiger partial charge in [-0.1, -0.05) is 12.1 Å².